The monoisotopic (exact) mass is 318 g/mol. The summed E-state index contributed by atoms with van der Waals surface area (Å²) in [6.07, 6.45) is -2.13. The molecule has 1 fully saturated rings. The van der Waals surface area contributed by atoms with Crippen LogP contribution >= 0.6 is 0 Å². The van der Waals surface area contributed by atoms with Crippen LogP contribution in [0.5, 0.6) is 0 Å². The molecule has 1 saturated heterocycles. The standard InChI is InChI=1S/C14H17F3N2O3/c15-14(16,17)10-1-4-18-12(7-10)19-8-11(13(20)21)9-2-5-22-6-3-9/h1,4,7,9,11H,2-3,5-6,8H2,(H,18,19)(H,20,21). The molecule has 0 radical (unpaired) electrons. The number of nitrogens with zero attached hydrogens (tertiary/aromatic N) is 1. The van der Waals surface area contributed by atoms with Crippen molar-refractivity contribution in [1.29, 1.82) is 0 Å². The van der Waals surface area contributed by atoms with E-state index >= 15 is 0 Å². The number of carboxylic acids is 1. The summed E-state index contributed by atoms with van der Waals surface area (Å²) in [5, 5.41) is 12.0. The molecule has 1 aromatic heterocycles. The van der Waals surface area contributed by atoms with E-state index in [0.717, 1.165) is 18.3 Å². The molecule has 1 aliphatic heterocycles. The Morgan fingerprint density at radius 3 is 2.73 bits per heavy atom. The highest BCUT2D eigenvalue weighted by molar-refractivity contribution is 5.71. The maximum Gasteiger partial charge on any atom is 0.416 e. The molecule has 1 aliphatic rings. The average Bonchev–Trinajstić information content (AvgIpc) is 2.48. The quantitative estimate of drug-likeness (QED) is 0.873. The van der Waals surface area contributed by atoms with E-state index in [-0.39, 0.29) is 18.3 Å². The second-order valence-corrected chi connectivity index (χ2v) is 5.20. The normalized spacial score (nSPS) is 18.0. The van der Waals surface area contributed by atoms with Gasteiger partial charge >= 0.3 is 12.1 Å². The Balaban J connectivity index is 2.01. The lowest BCUT2D eigenvalue weighted by Crippen LogP contribution is -2.34. The second-order valence-electron chi connectivity index (χ2n) is 5.20. The molecule has 22 heavy (non-hydrogen) atoms. The van der Waals surface area contributed by atoms with E-state index in [1.807, 2.05) is 0 Å². The first-order valence-electron chi connectivity index (χ1n) is 6.95. The molecule has 5 nitrogen and oxygen atoms in total. The summed E-state index contributed by atoms with van der Waals surface area (Å²) >= 11 is 0. The molecule has 1 atom stereocenters. The molecule has 0 bridgehead atoms. The summed E-state index contributed by atoms with van der Waals surface area (Å²) in [6, 6.07) is 1.75. The number of aromatic nitrogens is 1. The Labute approximate surface area is 125 Å². The van der Waals surface area contributed by atoms with Crippen LogP contribution in [0.1, 0.15) is 18.4 Å². The number of aliphatic carboxylic acids is 1. The van der Waals surface area contributed by atoms with Crippen molar-refractivity contribution >= 4 is 11.8 Å². The van der Waals surface area contributed by atoms with Gasteiger partial charge in [0.1, 0.15) is 5.82 Å². The van der Waals surface area contributed by atoms with Crippen molar-refractivity contribution in [1.82, 2.24) is 4.98 Å². The van der Waals surface area contributed by atoms with Crippen LogP contribution < -0.4 is 5.32 Å². The summed E-state index contributed by atoms with van der Waals surface area (Å²) in [6.45, 7) is 1.06. The summed E-state index contributed by atoms with van der Waals surface area (Å²) in [5.74, 6) is -1.68. The Morgan fingerprint density at radius 2 is 2.14 bits per heavy atom. The van der Waals surface area contributed by atoms with Gasteiger partial charge in [-0.25, -0.2) is 4.98 Å². The van der Waals surface area contributed by atoms with Crippen LogP contribution in [0.3, 0.4) is 0 Å². The maximum atomic E-state index is 12.6. The van der Waals surface area contributed by atoms with Gasteiger partial charge in [0.15, 0.2) is 0 Å². The van der Waals surface area contributed by atoms with Crippen LogP contribution in [0, 0.1) is 11.8 Å². The minimum Gasteiger partial charge on any atom is -0.481 e. The molecule has 2 N–H and O–H groups in total. The highest BCUT2D eigenvalue weighted by atomic mass is 19.4. The molecule has 0 amide bonds. The van der Waals surface area contributed by atoms with Gasteiger partial charge in [-0.15, -0.1) is 0 Å². The Kier molecular flexibility index (Phi) is 5.23. The molecular weight excluding hydrogens is 301 g/mol. The summed E-state index contributed by atoms with van der Waals surface area (Å²) in [7, 11) is 0. The molecular formula is C14H17F3N2O3. The predicted molar refractivity (Wildman–Crippen MR) is 72.4 cm³/mol. The molecule has 0 saturated carbocycles. The fourth-order valence-corrected chi connectivity index (χ4v) is 2.49. The van der Waals surface area contributed by atoms with Gasteiger partial charge in [-0.2, -0.15) is 13.2 Å². The van der Waals surface area contributed by atoms with E-state index in [1.165, 1.54) is 0 Å². The fraction of sp³-hybridized carbons (Fsp3) is 0.571. The van der Waals surface area contributed by atoms with Gasteiger partial charge in [0.2, 0.25) is 0 Å². The topological polar surface area (TPSA) is 71.5 Å². The zero-order valence-corrected chi connectivity index (χ0v) is 11.8. The van der Waals surface area contributed by atoms with Gasteiger partial charge in [0.05, 0.1) is 11.5 Å². The Morgan fingerprint density at radius 1 is 1.45 bits per heavy atom. The third-order valence-electron chi connectivity index (χ3n) is 3.74. The number of hydrogen-bond donors (Lipinski definition) is 2. The van der Waals surface area contributed by atoms with Crippen LogP contribution in [0.2, 0.25) is 0 Å². The van der Waals surface area contributed by atoms with E-state index in [2.05, 4.69) is 10.3 Å². The van der Waals surface area contributed by atoms with Crippen molar-refractivity contribution in [2.24, 2.45) is 11.8 Å². The second kappa shape index (κ2) is 6.95. The van der Waals surface area contributed by atoms with Gasteiger partial charge in [0, 0.05) is 26.0 Å². The minimum atomic E-state index is -4.45. The molecule has 2 rings (SSSR count). The van der Waals surface area contributed by atoms with E-state index in [0.29, 0.717) is 26.1 Å². The smallest absolute Gasteiger partial charge is 0.416 e. The number of ether oxygens (including phenoxy) is 1. The number of alkyl halides is 3. The van der Waals surface area contributed by atoms with Crippen LogP contribution in [0.4, 0.5) is 19.0 Å². The first kappa shape index (κ1) is 16.5. The molecule has 1 unspecified atom stereocenters. The zero-order valence-electron chi connectivity index (χ0n) is 11.8. The SMILES string of the molecule is O=C(O)C(CNc1cc(C(F)(F)F)ccn1)C1CCOCC1. The number of halogens is 3. The third-order valence-corrected chi connectivity index (χ3v) is 3.74. The van der Waals surface area contributed by atoms with E-state index < -0.39 is 23.6 Å². The van der Waals surface area contributed by atoms with Gasteiger partial charge in [0.25, 0.3) is 0 Å². The van der Waals surface area contributed by atoms with E-state index in [1.54, 1.807) is 0 Å². The van der Waals surface area contributed by atoms with Crippen molar-refractivity contribution in [3.8, 4) is 0 Å². The van der Waals surface area contributed by atoms with Gasteiger partial charge in [-0.3, -0.25) is 4.79 Å². The molecule has 122 valence electrons. The fourth-order valence-electron chi connectivity index (χ4n) is 2.49. The van der Waals surface area contributed by atoms with Gasteiger partial charge in [-0.05, 0) is 30.9 Å². The molecule has 0 aliphatic carbocycles. The molecule has 0 aromatic carbocycles. The number of carboxylic acid groups (broad SMARTS) is 1. The average molecular weight is 318 g/mol. The van der Waals surface area contributed by atoms with E-state index in [9.17, 15) is 23.1 Å². The van der Waals surface area contributed by atoms with Crippen molar-refractivity contribution in [2.75, 3.05) is 25.1 Å². The summed E-state index contributed by atoms with van der Waals surface area (Å²) in [4.78, 5) is 15.2. The van der Waals surface area contributed by atoms with E-state index in [4.69, 9.17) is 4.74 Å². The number of rotatable bonds is 5. The molecule has 2 heterocycles. The number of nitrogens with one attached hydrogen (secondary N) is 1. The molecule has 1 aromatic rings. The summed E-state index contributed by atoms with van der Waals surface area (Å²) in [5.41, 5.74) is -0.817. The number of hydrogen-bond acceptors (Lipinski definition) is 4. The van der Waals surface area contributed by atoms with Crippen molar-refractivity contribution < 1.29 is 27.8 Å². The maximum absolute atomic E-state index is 12.6. The first-order valence-corrected chi connectivity index (χ1v) is 6.95. The van der Waals surface area contributed by atoms with Crippen molar-refractivity contribution in [2.45, 2.75) is 19.0 Å². The Bertz CT molecular complexity index is 516. The zero-order chi connectivity index (χ0) is 16.2. The first-order chi connectivity index (χ1) is 10.4. The molecule has 0 spiro atoms. The summed E-state index contributed by atoms with van der Waals surface area (Å²) < 4.78 is 43.1. The van der Waals surface area contributed by atoms with Crippen LogP contribution in [-0.4, -0.2) is 35.8 Å². The van der Waals surface area contributed by atoms with Crippen LogP contribution in [0.25, 0.3) is 0 Å². The largest absolute Gasteiger partial charge is 0.481 e. The Hall–Kier alpha value is -1.83. The van der Waals surface area contributed by atoms with Crippen LogP contribution in [-0.2, 0) is 15.7 Å². The highest BCUT2D eigenvalue weighted by Crippen LogP contribution is 2.30. The number of anilines is 1. The van der Waals surface area contributed by atoms with Crippen molar-refractivity contribution in [3.05, 3.63) is 23.9 Å². The van der Waals surface area contributed by atoms with Crippen LogP contribution in [0.15, 0.2) is 18.3 Å². The lowest BCUT2D eigenvalue weighted by molar-refractivity contribution is -0.144. The number of pyridine rings is 1. The van der Waals surface area contributed by atoms with Gasteiger partial charge < -0.3 is 15.2 Å². The third kappa shape index (κ3) is 4.33. The lowest BCUT2D eigenvalue weighted by atomic mass is 9.86. The van der Waals surface area contributed by atoms with Gasteiger partial charge in [-0.1, -0.05) is 0 Å². The van der Waals surface area contributed by atoms with Crippen molar-refractivity contribution in [3.63, 3.8) is 0 Å². The number of carbonyl (C=O) groups is 1. The molecule has 8 heteroatoms. The minimum absolute atomic E-state index is 0.0214. The lowest BCUT2D eigenvalue weighted by Gasteiger charge is -2.27. The predicted octanol–water partition coefficient (Wildman–Crippen LogP) is 2.64. The highest BCUT2D eigenvalue weighted by Gasteiger charge is 2.32.